The number of rotatable bonds is 4. The molecule has 1 unspecified atom stereocenters. The van der Waals surface area contributed by atoms with E-state index in [0.29, 0.717) is 11.6 Å². The van der Waals surface area contributed by atoms with Crippen molar-refractivity contribution in [3.8, 4) is 0 Å². The summed E-state index contributed by atoms with van der Waals surface area (Å²) in [6, 6.07) is 0.670. The summed E-state index contributed by atoms with van der Waals surface area (Å²) in [5, 5.41) is 3.64. The quantitative estimate of drug-likeness (QED) is 0.810. The first kappa shape index (κ1) is 13.4. The molecule has 0 aromatic carbocycles. The first-order valence-electron chi connectivity index (χ1n) is 7.63. The van der Waals surface area contributed by atoms with Gasteiger partial charge in [-0.1, -0.05) is 33.1 Å². The molecule has 0 radical (unpaired) electrons. The minimum absolute atomic E-state index is 0.476. The number of likely N-dealkylation sites (tertiary alicyclic amines) is 1. The second-order valence-corrected chi connectivity index (χ2v) is 6.37. The number of piperidine rings is 1. The minimum Gasteiger partial charge on any atom is -0.315 e. The van der Waals surface area contributed by atoms with Crippen LogP contribution in [0.3, 0.4) is 0 Å². The van der Waals surface area contributed by atoms with E-state index in [4.69, 9.17) is 0 Å². The Morgan fingerprint density at radius 1 is 0.941 bits per heavy atom. The van der Waals surface area contributed by atoms with Crippen molar-refractivity contribution >= 4 is 0 Å². The fourth-order valence-electron chi connectivity index (χ4n) is 4.37. The average Bonchev–Trinajstić information content (AvgIpc) is 2.81. The molecule has 17 heavy (non-hydrogen) atoms. The monoisotopic (exact) mass is 238 g/mol. The summed E-state index contributed by atoms with van der Waals surface area (Å²) >= 11 is 0. The Morgan fingerprint density at radius 2 is 1.53 bits per heavy atom. The van der Waals surface area contributed by atoms with Crippen LogP contribution in [0.4, 0.5) is 0 Å². The highest BCUT2D eigenvalue weighted by molar-refractivity contribution is 5.04. The van der Waals surface area contributed by atoms with Gasteiger partial charge >= 0.3 is 0 Å². The zero-order valence-electron chi connectivity index (χ0n) is 12.0. The lowest BCUT2D eigenvalue weighted by Crippen LogP contribution is -2.62. The van der Waals surface area contributed by atoms with Crippen LogP contribution in [0.1, 0.15) is 58.8 Å². The van der Waals surface area contributed by atoms with Gasteiger partial charge in [0.15, 0.2) is 0 Å². The molecule has 1 N–H and O–H groups in total. The summed E-state index contributed by atoms with van der Waals surface area (Å²) in [5.41, 5.74) is 0.476. The number of hydrogen-bond acceptors (Lipinski definition) is 2. The molecule has 2 rings (SSSR count). The molecular weight excluding hydrogens is 208 g/mol. The summed E-state index contributed by atoms with van der Waals surface area (Å²) in [5.74, 6) is 0.736. The van der Waals surface area contributed by atoms with Gasteiger partial charge in [0, 0.05) is 11.6 Å². The lowest BCUT2D eigenvalue weighted by atomic mass is 9.79. The van der Waals surface area contributed by atoms with Crippen molar-refractivity contribution in [2.45, 2.75) is 70.4 Å². The van der Waals surface area contributed by atoms with Crippen molar-refractivity contribution in [3.05, 3.63) is 0 Å². The molecule has 1 saturated carbocycles. The Kier molecular flexibility index (Phi) is 4.48. The van der Waals surface area contributed by atoms with E-state index >= 15 is 0 Å². The van der Waals surface area contributed by atoms with E-state index < -0.39 is 0 Å². The van der Waals surface area contributed by atoms with E-state index in [9.17, 15) is 0 Å². The van der Waals surface area contributed by atoms with Crippen LogP contribution in [0.15, 0.2) is 0 Å². The Labute approximate surface area is 107 Å². The van der Waals surface area contributed by atoms with Crippen molar-refractivity contribution in [1.82, 2.24) is 10.2 Å². The molecule has 1 aliphatic heterocycles. The van der Waals surface area contributed by atoms with Gasteiger partial charge in [0.1, 0.15) is 0 Å². The van der Waals surface area contributed by atoms with E-state index in [1.807, 2.05) is 0 Å². The molecule has 0 spiro atoms. The van der Waals surface area contributed by atoms with Crippen LogP contribution >= 0.6 is 0 Å². The summed E-state index contributed by atoms with van der Waals surface area (Å²) < 4.78 is 0. The Morgan fingerprint density at radius 3 is 2.00 bits per heavy atom. The van der Waals surface area contributed by atoms with Gasteiger partial charge < -0.3 is 5.32 Å². The van der Waals surface area contributed by atoms with Crippen LogP contribution < -0.4 is 5.32 Å². The van der Waals surface area contributed by atoms with Crippen LogP contribution in [-0.4, -0.2) is 36.6 Å². The highest BCUT2D eigenvalue weighted by Crippen LogP contribution is 2.41. The van der Waals surface area contributed by atoms with Gasteiger partial charge in [0.05, 0.1) is 0 Å². The lowest BCUT2D eigenvalue weighted by molar-refractivity contribution is 0.0246. The maximum absolute atomic E-state index is 3.64. The standard InChI is InChI=1S/C15H30N2/c1-13(2)14(16-3)15(9-5-6-10-15)17-11-7-4-8-12-17/h13-14,16H,4-12H2,1-3H3. The maximum atomic E-state index is 3.64. The van der Waals surface area contributed by atoms with Crippen LogP contribution in [0.2, 0.25) is 0 Å². The average molecular weight is 238 g/mol. The summed E-state index contributed by atoms with van der Waals surface area (Å²) in [6.45, 7) is 7.44. The predicted octanol–water partition coefficient (Wildman–Crippen LogP) is 3.03. The number of nitrogens with zero attached hydrogens (tertiary/aromatic N) is 1. The number of likely N-dealkylation sites (N-methyl/N-ethyl adjacent to an activating group) is 1. The van der Waals surface area contributed by atoms with Gasteiger partial charge in [-0.15, -0.1) is 0 Å². The maximum Gasteiger partial charge on any atom is 0.0364 e. The molecule has 0 aromatic rings. The topological polar surface area (TPSA) is 15.3 Å². The first-order chi connectivity index (χ1) is 8.20. The highest BCUT2D eigenvalue weighted by Gasteiger charge is 2.46. The van der Waals surface area contributed by atoms with Crippen molar-refractivity contribution in [1.29, 1.82) is 0 Å². The van der Waals surface area contributed by atoms with Gasteiger partial charge in [0.2, 0.25) is 0 Å². The molecular formula is C15H30N2. The SMILES string of the molecule is CNC(C(C)C)C1(N2CCCCC2)CCCC1. The van der Waals surface area contributed by atoms with E-state index in [2.05, 4.69) is 31.1 Å². The number of hydrogen-bond donors (Lipinski definition) is 1. The Hall–Kier alpha value is -0.0800. The van der Waals surface area contributed by atoms with E-state index in [-0.39, 0.29) is 0 Å². The molecule has 0 bridgehead atoms. The van der Waals surface area contributed by atoms with E-state index in [1.54, 1.807) is 0 Å². The molecule has 1 aliphatic carbocycles. The highest BCUT2D eigenvalue weighted by atomic mass is 15.2. The Bertz CT molecular complexity index is 225. The zero-order chi connectivity index (χ0) is 12.3. The van der Waals surface area contributed by atoms with Crippen LogP contribution in [0.25, 0.3) is 0 Å². The van der Waals surface area contributed by atoms with E-state index in [0.717, 1.165) is 5.92 Å². The molecule has 1 heterocycles. The first-order valence-corrected chi connectivity index (χ1v) is 7.63. The van der Waals surface area contributed by atoms with Crippen molar-refractivity contribution in [2.24, 2.45) is 5.92 Å². The predicted molar refractivity (Wildman–Crippen MR) is 74.3 cm³/mol. The van der Waals surface area contributed by atoms with Gasteiger partial charge in [-0.25, -0.2) is 0 Å². The van der Waals surface area contributed by atoms with Crippen LogP contribution in [-0.2, 0) is 0 Å². The second kappa shape index (κ2) is 5.71. The molecule has 0 aromatic heterocycles. The van der Waals surface area contributed by atoms with Gasteiger partial charge in [0.25, 0.3) is 0 Å². The summed E-state index contributed by atoms with van der Waals surface area (Å²) in [7, 11) is 2.16. The molecule has 100 valence electrons. The van der Waals surface area contributed by atoms with Crippen LogP contribution in [0, 0.1) is 5.92 Å². The molecule has 2 aliphatic rings. The van der Waals surface area contributed by atoms with Gasteiger partial charge in [-0.2, -0.15) is 0 Å². The van der Waals surface area contributed by atoms with Crippen molar-refractivity contribution < 1.29 is 0 Å². The molecule has 1 saturated heterocycles. The minimum atomic E-state index is 0.476. The lowest BCUT2D eigenvalue weighted by Gasteiger charge is -2.50. The third-order valence-corrected chi connectivity index (χ3v) is 5.01. The normalized spacial score (nSPS) is 27.5. The Balaban J connectivity index is 2.17. The molecule has 1 atom stereocenters. The molecule has 2 fully saturated rings. The smallest absolute Gasteiger partial charge is 0.0364 e. The fourth-order valence-corrected chi connectivity index (χ4v) is 4.37. The summed E-state index contributed by atoms with van der Waals surface area (Å²) in [6.07, 6.45) is 9.96. The zero-order valence-corrected chi connectivity index (χ0v) is 12.0. The summed E-state index contributed by atoms with van der Waals surface area (Å²) in [4.78, 5) is 2.84. The molecule has 0 amide bonds. The van der Waals surface area contributed by atoms with Crippen molar-refractivity contribution in [2.75, 3.05) is 20.1 Å². The fraction of sp³-hybridized carbons (Fsp3) is 1.00. The molecule has 2 nitrogen and oxygen atoms in total. The largest absolute Gasteiger partial charge is 0.315 e. The number of nitrogens with one attached hydrogen (secondary N) is 1. The third kappa shape index (κ3) is 2.53. The molecule has 2 heteroatoms. The van der Waals surface area contributed by atoms with Gasteiger partial charge in [-0.3, -0.25) is 4.90 Å². The van der Waals surface area contributed by atoms with E-state index in [1.165, 1.54) is 58.0 Å². The van der Waals surface area contributed by atoms with Gasteiger partial charge in [-0.05, 0) is 51.7 Å². The third-order valence-electron chi connectivity index (χ3n) is 5.01. The van der Waals surface area contributed by atoms with Crippen molar-refractivity contribution in [3.63, 3.8) is 0 Å². The second-order valence-electron chi connectivity index (χ2n) is 6.37. The van der Waals surface area contributed by atoms with Crippen LogP contribution in [0.5, 0.6) is 0 Å².